The number of rotatable bonds is 6. The van der Waals surface area contributed by atoms with Crippen molar-refractivity contribution >= 4 is 17.4 Å². The highest BCUT2D eigenvalue weighted by molar-refractivity contribution is 6.05. The molecule has 0 saturated heterocycles. The molecule has 2 aromatic carbocycles. The molecule has 0 spiro atoms. The minimum absolute atomic E-state index is 0.117. The van der Waals surface area contributed by atoms with Gasteiger partial charge in [-0.15, -0.1) is 0 Å². The summed E-state index contributed by atoms with van der Waals surface area (Å²) < 4.78 is 0. The van der Waals surface area contributed by atoms with Crippen LogP contribution in [0.1, 0.15) is 41.3 Å². The highest BCUT2D eigenvalue weighted by atomic mass is 16.6. The van der Waals surface area contributed by atoms with Crippen LogP contribution in [0.2, 0.25) is 0 Å². The van der Waals surface area contributed by atoms with Gasteiger partial charge in [-0.05, 0) is 35.2 Å². The molecule has 0 saturated carbocycles. The first kappa shape index (κ1) is 19.2. The number of amides is 1. The molecule has 0 unspecified atom stereocenters. The van der Waals surface area contributed by atoms with Gasteiger partial charge in [0.25, 0.3) is 11.6 Å². The third-order valence-corrected chi connectivity index (χ3v) is 4.46. The van der Waals surface area contributed by atoms with E-state index in [0.717, 1.165) is 5.56 Å². The molecule has 3 rings (SSSR count). The molecule has 0 aliphatic heterocycles. The minimum Gasteiger partial charge on any atom is -0.288 e. The van der Waals surface area contributed by atoms with Crippen LogP contribution in [-0.2, 0) is 6.54 Å². The number of pyridine rings is 1. The zero-order valence-corrected chi connectivity index (χ0v) is 15.8. The van der Waals surface area contributed by atoms with E-state index in [1.165, 1.54) is 28.7 Å². The van der Waals surface area contributed by atoms with Crippen molar-refractivity contribution in [2.75, 3.05) is 4.90 Å². The standard InChI is InChI=1S/C22H21N3O3/c1-16(2)18-11-9-17(10-12-18)15-24(21-8-3-4-13-23-21)22(26)19-6-5-7-20(14-19)25(27)28/h3-14,16H,15H2,1-2H3. The van der Waals surface area contributed by atoms with Crippen molar-refractivity contribution in [2.24, 2.45) is 0 Å². The Kier molecular flexibility index (Phi) is 5.79. The number of hydrogen-bond donors (Lipinski definition) is 0. The van der Waals surface area contributed by atoms with E-state index in [4.69, 9.17) is 0 Å². The monoisotopic (exact) mass is 375 g/mol. The van der Waals surface area contributed by atoms with Gasteiger partial charge >= 0.3 is 0 Å². The third-order valence-electron chi connectivity index (χ3n) is 4.46. The van der Waals surface area contributed by atoms with Crippen LogP contribution in [0.3, 0.4) is 0 Å². The van der Waals surface area contributed by atoms with E-state index < -0.39 is 4.92 Å². The van der Waals surface area contributed by atoms with Crippen molar-refractivity contribution in [2.45, 2.75) is 26.3 Å². The second kappa shape index (κ2) is 8.43. The molecule has 28 heavy (non-hydrogen) atoms. The number of anilines is 1. The van der Waals surface area contributed by atoms with E-state index >= 15 is 0 Å². The molecule has 0 fully saturated rings. The Balaban J connectivity index is 1.94. The summed E-state index contributed by atoms with van der Waals surface area (Å²) in [5.74, 6) is 0.578. The molecule has 1 heterocycles. The summed E-state index contributed by atoms with van der Waals surface area (Å²) in [7, 11) is 0. The molecule has 0 aliphatic rings. The van der Waals surface area contributed by atoms with Crippen LogP contribution in [0.15, 0.2) is 72.9 Å². The van der Waals surface area contributed by atoms with Gasteiger partial charge in [0.05, 0.1) is 11.5 Å². The van der Waals surface area contributed by atoms with Crippen LogP contribution >= 0.6 is 0 Å². The Labute approximate surface area is 163 Å². The van der Waals surface area contributed by atoms with Crippen molar-refractivity contribution < 1.29 is 9.72 Å². The molecule has 1 aromatic heterocycles. The highest BCUT2D eigenvalue weighted by Gasteiger charge is 2.21. The molecule has 0 radical (unpaired) electrons. The summed E-state index contributed by atoms with van der Waals surface area (Å²) in [6, 6.07) is 19.2. The predicted octanol–water partition coefficient (Wildman–Crippen LogP) is 4.96. The second-order valence-corrected chi connectivity index (χ2v) is 6.78. The van der Waals surface area contributed by atoms with Gasteiger partial charge in [0.15, 0.2) is 0 Å². The van der Waals surface area contributed by atoms with Crippen LogP contribution < -0.4 is 4.90 Å². The number of nitro benzene ring substituents is 1. The molecule has 142 valence electrons. The van der Waals surface area contributed by atoms with Gasteiger partial charge < -0.3 is 0 Å². The summed E-state index contributed by atoms with van der Waals surface area (Å²) in [5.41, 5.74) is 2.30. The maximum absolute atomic E-state index is 13.2. The Morgan fingerprint density at radius 1 is 1.07 bits per heavy atom. The van der Waals surface area contributed by atoms with E-state index in [-0.39, 0.29) is 17.2 Å². The lowest BCUT2D eigenvalue weighted by atomic mass is 10.0. The maximum Gasteiger partial charge on any atom is 0.270 e. The van der Waals surface area contributed by atoms with E-state index in [1.807, 2.05) is 12.1 Å². The predicted molar refractivity (Wildman–Crippen MR) is 108 cm³/mol. The zero-order chi connectivity index (χ0) is 20.1. The lowest BCUT2D eigenvalue weighted by molar-refractivity contribution is -0.384. The molecule has 0 aliphatic carbocycles. The van der Waals surface area contributed by atoms with Crippen molar-refractivity contribution in [3.8, 4) is 0 Å². The summed E-state index contributed by atoms with van der Waals surface area (Å²) >= 11 is 0. The van der Waals surface area contributed by atoms with Crippen molar-refractivity contribution in [3.63, 3.8) is 0 Å². The topological polar surface area (TPSA) is 76.3 Å². The number of benzene rings is 2. The summed E-state index contributed by atoms with van der Waals surface area (Å²) in [6.07, 6.45) is 1.62. The minimum atomic E-state index is -0.507. The molecular formula is C22H21N3O3. The van der Waals surface area contributed by atoms with Crippen LogP contribution in [0.25, 0.3) is 0 Å². The molecule has 6 heteroatoms. The van der Waals surface area contributed by atoms with Gasteiger partial charge in [-0.1, -0.05) is 50.2 Å². The van der Waals surface area contributed by atoms with Crippen LogP contribution in [-0.4, -0.2) is 15.8 Å². The quantitative estimate of drug-likeness (QED) is 0.451. The maximum atomic E-state index is 13.2. The number of carbonyl (C=O) groups excluding carboxylic acids is 1. The molecule has 3 aromatic rings. The first-order valence-corrected chi connectivity index (χ1v) is 9.02. The van der Waals surface area contributed by atoms with Crippen molar-refractivity contribution in [3.05, 3.63) is 99.7 Å². The second-order valence-electron chi connectivity index (χ2n) is 6.78. The molecule has 0 atom stereocenters. The molecule has 0 N–H and O–H groups in total. The Hall–Kier alpha value is -3.54. The number of carbonyl (C=O) groups is 1. The lowest BCUT2D eigenvalue weighted by Gasteiger charge is -2.22. The first-order chi connectivity index (χ1) is 13.5. The summed E-state index contributed by atoms with van der Waals surface area (Å²) in [4.78, 5) is 29.5. The summed E-state index contributed by atoms with van der Waals surface area (Å²) in [5, 5.41) is 11.1. The number of non-ortho nitro benzene ring substituents is 1. The normalized spacial score (nSPS) is 10.7. The summed E-state index contributed by atoms with van der Waals surface area (Å²) in [6.45, 7) is 4.57. The Bertz CT molecular complexity index is 970. The van der Waals surface area contributed by atoms with Gasteiger partial charge in [0.1, 0.15) is 5.82 Å². The number of aromatic nitrogens is 1. The average Bonchev–Trinajstić information content (AvgIpc) is 2.72. The van der Waals surface area contributed by atoms with E-state index in [2.05, 4.69) is 31.0 Å². The molecule has 0 bridgehead atoms. The fourth-order valence-electron chi connectivity index (χ4n) is 2.87. The van der Waals surface area contributed by atoms with E-state index in [0.29, 0.717) is 18.3 Å². The smallest absolute Gasteiger partial charge is 0.270 e. The Morgan fingerprint density at radius 2 is 1.82 bits per heavy atom. The van der Waals surface area contributed by atoms with Gasteiger partial charge in [0, 0.05) is 23.9 Å². The number of hydrogen-bond acceptors (Lipinski definition) is 4. The van der Waals surface area contributed by atoms with E-state index in [1.54, 1.807) is 30.5 Å². The highest BCUT2D eigenvalue weighted by Crippen LogP contribution is 2.22. The first-order valence-electron chi connectivity index (χ1n) is 9.02. The van der Waals surface area contributed by atoms with Crippen molar-refractivity contribution in [1.82, 2.24) is 4.98 Å². The Morgan fingerprint density at radius 3 is 2.43 bits per heavy atom. The fraction of sp³-hybridized carbons (Fsp3) is 0.182. The third kappa shape index (κ3) is 4.40. The van der Waals surface area contributed by atoms with Crippen LogP contribution in [0.5, 0.6) is 0 Å². The van der Waals surface area contributed by atoms with Crippen LogP contribution in [0.4, 0.5) is 11.5 Å². The zero-order valence-electron chi connectivity index (χ0n) is 15.8. The molecule has 6 nitrogen and oxygen atoms in total. The van der Waals surface area contributed by atoms with Gasteiger partial charge in [-0.2, -0.15) is 0 Å². The average molecular weight is 375 g/mol. The SMILES string of the molecule is CC(C)c1ccc(CN(C(=O)c2cccc([N+](=O)[O-])c2)c2ccccn2)cc1. The van der Waals surface area contributed by atoms with E-state index in [9.17, 15) is 14.9 Å². The van der Waals surface area contributed by atoms with Gasteiger partial charge in [-0.25, -0.2) is 4.98 Å². The number of nitro groups is 1. The van der Waals surface area contributed by atoms with Gasteiger partial charge in [-0.3, -0.25) is 19.8 Å². The fourth-order valence-corrected chi connectivity index (χ4v) is 2.87. The number of nitrogens with zero attached hydrogens (tertiary/aromatic N) is 3. The molecule has 1 amide bonds. The van der Waals surface area contributed by atoms with Gasteiger partial charge in [0.2, 0.25) is 0 Å². The molecular weight excluding hydrogens is 354 g/mol. The van der Waals surface area contributed by atoms with Crippen molar-refractivity contribution in [1.29, 1.82) is 0 Å². The van der Waals surface area contributed by atoms with Crippen LogP contribution in [0, 0.1) is 10.1 Å². The lowest BCUT2D eigenvalue weighted by Crippen LogP contribution is -2.31. The largest absolute Gasteiger partial charge is 0.288 e.